The molecular weight excluding hydrogens is 332 g/mol. The van der Waals surface area contributed by atoms with Crippen molar-refractivity contribution in [3.63, 3.8) is 0 Å². The summed E-state index contributed by atoms with van der Waals surface area (Å²) in [5.41, 5.74) is -0.158. The van der Waals surface area contributed by atoms with Gasteiger partial charge in [-0.25, -0.2) is 8.42 Å². The minimum absolute atomic E-state index is 0.100. The van der Waals surface area contributed by atoms with E-state index in [-0.39, 0.29) is 22.6 Å². The van der Waals surface area contributed by atoms with Crippen LogP contribution in [0.1, 0.15) is 26.7 Å². The Morgan fingerprint density at radius 1 is 1.42 bits per heavy atom. The van der Waals surface area contributed by atoms with E-state index in [0.29, 0.717) is 12.5 Å². The number of hydrogen-bond donors (Lipinski definition) is 1. The van der Waals surface area contributed by atoms with Gasteiger partial charge in [0.1, 0.15) is 10.6 Å². The molecule has 0 bridgehead atoms. The van der Waals surface area contributed by atoms with Crippen LogP contribution in [0.5, 0.6) is 0 Å². The molecule has 1 aliphatic heterocycles. The lowest BCUT2D eigenvalue weighted by molar-refractivity contribution is -0.386. The van der Waals surface area contributed by atoms with Gasteiger partial charge in [-0.15, -0.1) is 0 Å². The molecule has 0 aromatic heterocycles. The minimum atomic E-state index is -3.67. The van der Waals surface area contributed by atoms with Crippen LogP contribution < -0.4 is 5.32 Å². The zero-order chi connectivity index (χ0) is 17.9. The number of sulfone groups is 1. The maximum atomic E-state index is 11.8. The Hall–Kier alpha value is -1.67. The molecule has 1 aromatic rings. The molecular formula is C16H24N2O5S. The average Bonchev–Trinajstić information content (AvgIpc) is 2.51. The third-order valence-electron chi connectivity index (χ3n) is 4.29. The van der Waals surface area contributed by atoms with Gasteiger partial charge in [0.15, 0.2) is 9.84 Å². The van der Waals surface area contributed by atoms with E-state index in [1.807, 2.05) is 0 Å². The largest absolute Gasteiger partial charge is 0.379 e. The van der Waals surface area contributed by atoms with E-state index in [1.54, 1.807) is 6.07 Å². The molecule has 0 saturated carbocycles. The topological polar surface area (TPSA) is 98.5 Å². The van der Waals surface area contributed by atoms with Crippen molar-refractivity contribution in [2.45, 2.75) is 37.7 Å². The van der Waals surface area contributed by atoms with Crippen LogP contribution in [0.25, 0.3) is 0 Å². The van der Waals surface area contributed by atoms with E-state index in [9.17, 15) is 18.5 Å². The molecule has 0 spiro atoms. The van der Waals surface area contributed by atoms with Gasteiger partial charge >= 0.3 is 5.69 Å². The summed E-state index contributed by atoms with van der Waals surface area (Å²) in [4.78, 5) is 10.5. The van der Waals surface area contributed by atoms with E-state index in [1.165, 1.54) is 12.1 Å². The summed E-state index contributed by atoms with van der Waals surface area (Å²) in [5.74, 6) is 0.592. The molecule has 2 rings (SSSR count). The van der Waals surface area contributed by atoms with Gasteiger partial charge in [0.25, 0.3) is 0 Å². The van der Waals surface area contributed by atoms with Crippen LogP contribution in [0, 0.1) is 22.0 Å². The lowest BCUT2D eigenvalue weighted by Crippen LogP contribution is -2.37. The van der Waals surface area contributed by atoms with E-state index in [0.717, 1.165) is 25.7 Å². The number of para-hydroxylation sites is 1. The summed E-state index contributed by atoms with van der Waals surface area (Å²) in [6.45, 7) is 5.44. The van der Waals surface area contributed by atoms with E-state index < -0.39 is 20.4 Å². The lowest BCUT2D eigenvalue weighted by atomic mass is 9.87. The molecule has 0 amide bonds. The SMILES string of the molecule is CC(C)C1OCCCC1CNc1cccc(S(C)(=O)=O)c1[N+](=O)[O-]. The van der Waals surface area contributed by atoms with Crippen molar-refractivity contribution in [3.05, 3.63) is 28.3 Å². The minimum Gasteiger partial charge on any atom is -0.379 e. The second-order valence-corrected chi connectivity index (χ2v) is 8.53. The fourth-order valence-corrected chi connectivity index (χ4v) is 4.08. The van der Waals surface area contributed by atoms with E-state index in [4.69, 9.17) is 4.74 Å². The number of nitrogens with zero attached hydrogens (tertiary/aromatic N) is 1. The van der Waals surface area contributed by atoms with Gasteiger partial charge in [-0.2, -0.15) is 0 Å². The van der Waals surface area contributed by atoms with Gasteiger partial charge in [-0.05, 0) is 30.9 Å². The highest BCUT2D eigenvalue weighted by Crippen LogP contribution is 2.33. The Kier molecular flexibility index (Phi) is 5.82. The number of nitrogens with one attached hydrogen (secondary N) is 1. The number of ether oxygens (including phenoxy) is 1. The number of nitro groups is 1. The predicted octanol–water partition coefficient (Wildman–Crippen LogP) is 2.86. The fourth-order valence-electron chi connectivity index (χ4n) is 3.21. The molecule has 0 aliphatic carbocycles. The summed E-state index contributed by atoms with van der Waals surface area (Å²) in [6, 6.07) is 4.32. The Labute approximate surface area is 142 Å². The molecule has 1 heterocycles. The maximum absolute atomic E-state index is 11.8. The summed E-state index contributed by atoms with van der Waals surface area (Å²) in [6.07, 6.45) is 3.02. The van der Waals surface area contributed by atoms with Crippen molar-refractivity contribution in [1.82, 2.24) is 0 Å². The highest BCUT2D eigenvalue weighted by Gasteiger charge is 2.30. The molecule has 1 saturated heterocycles. The highest BCUT2D eigenvalue weighted by molar-refractivity contribution is 7.90. The molecule has 1 aliphatic rings. The number of anilines is 1. The van der Waals surface area contributed by atoms with Gasteiger partial charge in [-0.3, -0.25) is 10.1 Å². The first kappa shape index (κ1) is 18.7. The molecule has 1 fully saturated rings. The number of benzene rings is 1. The Bertz CT molecular complexity index is 702. The van der Waals surface area contributed by atoms with Crippen LogP contribution >= 0.6 is 0 Å². The Morgan fingerprint density at radius 3 is 2.71 bits per heavy atom. The number of rotatable bonds is 6. The van der Waals surface area contributed by atoms with Gasteiger partial charge in [0.2, 0.25) is 0 Å². The predicted molar refractivity (Wildman–Crippen MR) is 92.0 cm³/mol. The molecule has 24 heavy (non-hydrogen) atoms. The first-order valence-electron chi connectivity index (χ1n) is 8.04. The van der Waals surface area contributed by atoms with Crippen LogP contribution in [0.15, 0.2) is 23.1 Å². The monoisotopic (exact) mass is 356 g/mol. The summed E-state index contributed by atoms with van der Waals surface area (Å²) < 4.78 is 29.4. The molecule has 134 valence electrons. The third kappa shape index (κ3) is 4.24. The fraction of sp³-hybridized carbons (Fsp3) is 0.625. The van der Waals surface area contributed by atoms with E-state index in [2.05, 4.69) is 19.2 Å². The van der Waals surface area contributed by atoms with Crippen LogP contribution in [0.4, 0.5) is 11.4 Å². The van der Waals surface area contributed by atoms with Crippen LogP contribution in [0.3, 0.4) is 0 Å². The van der Waals surface area contributed by atoms with Crippen molar-refractivity contribution in [2.75, 3.05) is 24.7 Å². The molecule has 2 unspecified atom stereocenters. The number of nitro benzene ring substituents is 1. The smallest absolute Gasteiger partial charge is 0.310 e. The van der Waals surface area contributed by atoms with Gasteiger partial charge in [0, 0.05) is 25.3 Å². The lowest BCUT2D eigenvalue weighted by Gasteiger charge is -2.34. The maximum Gasteiger partial charge on any atom is 0.310 e. The number of hydrogen-bond acceptors (Lipinski definition) is 6. The molecule has 8 heteroatoms. The normalized spacial score (nSPS) is 21.7. The summed E-state index contributed by atoms with van der Waals surface area (Å²) in [7, 11) is -3.67. The van der Waals surface area contributed by atoms with Crippen molar-refractivity contribution in [2.24, 2.45) is 11.8 Å². The van der Waals surface area contributed by atoms with Crippen molar-refractivity contribution >= 4 is 21.2 Å². The third-order valence-corrected chi connectivity index (χ3v) is 5.42. The van der Waals surface area contributed by atoms with Crippen molar-refractivity contribution < 1.29 is 18.1 Å². The van der Waals surface area contributed by atoms with Crippen molar-refractivity contribution in [3.8, 4) is 0 Å². The standard InChI is InChI=1S/C16H24N2O5S/c1-11(2)16-12(6-5-9-23-16)10-17-13-7-4-8-14(24(3,21)22)15(13)18(19)20/h4,7-8,11-12,16-17H,5-6,9-10H2,1-3H3. The Morgan fingerprint density at radius 2 is 2.12 bits per heavy atom. The van der Waals surface area contributed by atoms with Gasteiger partial charge < -0.3 is 10.1 Å². The van der Waals surface area contributed by atoms with Gasteiger partial charge in [-0.1, -0.05) is 19.9 Å². The first-order chi connectivity index (χ1) is 11.2. The first-order valence-corrected chi connectivity index (χ1v) is 9.94. The molecule has 1 aromatic carbocycles. The van der Waals surface area contributed by atoms with Crippen LogP contribution in [-0.2, 0) is 14.6 Å². The quantitative estimate of drug-likeness (QED) is 0.621. The second kappa shape index (κ2) is 7.48. The van der Waals surface area contributed by atoms with E-state index >= 15 is 0 Å². The zero-order valence-electron chi connectivity index (χ0n) is 14.2. The second-order valence-electron chi connectivity index (χ2n) is 6.54. The molecule has 1 N–H and O–H groups in total. The van der Waals surface area contributed by atoms with Crippen molar-refractivity contribution in [1.29, 1.82) is 0 Å². The highest BCUT2D eigenvalue weighted by atomic mass is 32.2. The van der Waals surface area contributed by atoms with Crippen LogP contribution in [0.2, 0.25) is 0 Å². The summed E-state index contributed by atoms with van der Waals surface area (Å²) in [5, 5.41) is 14.5. The molecule has 0 radical (unpaired) electrons. The zero-order valence-corrected chi connectivity index (χ0v) is 15.0. The Balaban J connectivity index is 2.25. The average molecular weight is 356 g/mol. The summed E-state index contributed by atoms with van der Waals surface area (Å²) >= 11 is 0. The van der Waals surface area contributed by atoms with Crippen LogP contribution in [-0.4, -0.2) is 38.9 Å². The molecule has 2 atom stereocenters. The molecule has 7 nitrogen and oxygen atoms in total. The van der Waals surface area contributed by atoms with Gasteiger partial charge in [0.05, 0.1) is 11.0 Å².